The molecule has 0 saturated heterocycles. The van der Waals surface area contributed by atoms with Crippen molar-refractivity contribution in [1.82, 2.24) is 20.0 Å². The number of aromatic nitrogens is 2. The van der Waals surface area contributed by atoms with Gasteiger partial charge < -0.3 is 10.2 Å². The summed E-state index contributed by atoms with van der Waals surface area (Å²) in [5.74, 6) is -0.731. The van der Waals surface area contributed by atoms with Crippen LogP contribution in [0, 0.1) is 5.82 Å². The predicted octanol–water partition coefficient (Wildman–Crippen LogP) is 6.32. The number of halogens is 3. The molecule has 0 radical (unpaired) electrons. The molecule has 4 aromatic rings. The van der Waals surface area contributed by atoms with Gasteiger partial charge in [0, 0.05) is 17.1 Å². The number of carbonyl (C=O) groups excluding carboxylic acids is 2. The van der Waals surface area contributed by atoms with Gasteiger partial charge in [-0.1, -0.05) is 65.7 Å². The molecule has 2 amide bonds. The van der Waals surface area contributed by atoms with E-state index in [2.05, 4.69) is 5.32 Å². The number of hydrogen-bond donors (Lipinski definition) is 1. The highest BCUT2D eigenvalue weighted by Gasteiger charge is 2.32. The van der Waals surface area contributed by atoms with E-state index in [9.17, 15) is 14.0 Å². The molecular formula is C29H23Cl2FN4O2. The maximum atomic E-state index is 13.6. The van der Waals surface area contributed by atoms with Crippen LogP contribution >= 0.6 is 23.2 Å². The number of carbonyl (C=O) groups is 2. The number of amides is 2. The molecule has 1 aromatic heterocycles. The lowest BCUT2D eigenvalue weighted by Gasteiger charge is -2.27. The van der Waals surface area contributed by atoms with E-state index in [1.807, 2.05) is 43.3 Å². The summed E-state index contributed by atoms with van der Waals surface area (Å²) in [7, 11) is 0. The first-order valence-electron chi connectivity index (χ1n) is 11.9. The minimum Gasteiger partial charge on any atom is -0.344 e. The van der Waals surface area contributed by atoms with Gasteiger partial charge in [-0.3, -0.25) is 9.59 Å². The zero-order chi connectivity index (χ0) is 26.8. The number of fused-ring (bicyclic) bond motifs is 1. The average molecular weight is 549 g/mol. The van der Waals surface area contributed by atoms with Crippen LogP contribution in [0.15, 0.2) is 72.8 Å². The molecule has 0 bridgehead atoms. The third-order valence-corrected chi connectivity index (χ3v) is 6.92. The Balaban J connectivity index is 1.66. The van der Waals surface area contributed by atoms with Crippen LogP contribution in [0.4, 0.5) is 4.39 Å². The van der Waals surface area contributed by atoms with Gasteiger partial charge in [0.15, 0.2) is 5.69 Å². The minimum atomic E-state index is -0.379. The van der Waals surface area contributed by atoms with E-state index in [0.29, 0.717) is 27.0 Å². The van der Waals surface area contributed by atoms with Gasteiger partial charge in [0.1, 0.15) is 5.82 Å². The number of nitrogens with zero attached hydrogens (tertiary/aromatic N) is 3. The van der Waals surface area contributed by atoms with Crippen molar-refractivity contribution < 1.29 is 14.0 Å². The Kier molecular flexibility index (Phi) is 7.31. The highest BCUT2D eigenvalue weighted by Crippen LogP contribution is 2.35. The van der Waals surface area contributed by atoms with Crippen LogP contribution in [0.5, 0.6) is 0 Å². The summed E-state index contributed by atoms with van der Waals surface area (Å²) in [5.41, 5.74) is 4.35. The molecule has 192 valence electrons. The Morgan fingerprint density at radius 3 is 2.47 bits per heavy atom. The zero-order valence-corrected chi connectivity index (χ0v) is 21.9. The van der Waals surface area contributed by atoms with Gasteiger partial charge in [-0.05, 0) is 60.0 Å². The van der Waals surface area contributed by atoms with Crippen molar-refractivity contribution in [3.8, 4) is 5.69 Å². The SMILES string of the molecule is C[C@@H](NC(=O)c1nn(-c2ccc(Cl)cc2Cl)c2c1CN(C=O)CC2=Cc1ccc(F)cc1)c1ccccc1. The molecule has 1 atom stereocenters. The minimum absolute atomic E-state index is 0.186. The molecule has 0 saturated carbocycles. The van der Waals surface area contributed by atoms with Crippen LogP contribution in [0.3, 0.4) is 0 Å². The highest BCUT2D eigenvalue weighted by atomic mass is 35.5. The first kappa shape index (κ1) is 25.7. The van der Waals surface area contributed by atoms with E-state index in [0.717, 1.165) is 23.1 Å². The smallest absolute Gasteiger partial charge is 0.272 e. The molecule has 1 N–H and O–H groups in total. The van der Waals surface area contributed by atoms with E-state index in [4.69, 9.17) is 28.3 Å². The second kappa shape index (κ2) is 10.8. The summed E-state index contributed by atoms with van der Waals surface area (Å²) < 4.78 is 15.2. The first-order valence-corrected chi connectivity index (χ1v) is 12.7. The molecule has 0 aliphatic carbocycles. The summed E-state index contributed by atoms with van der Waals surface area (Å²) in [6.07, 6.45) is 2.59. The lowest BCUT2D eigenvalue weighted by atomic mass is 9.97. The van der Waals surface area contributed by atoms with Crippen LogP contribution in [0.25, 0.3) is 17.3 Å². The fraction of sp³-hybridized carbons (Fsp3) is 0.138. The summed E-state index contributed by atoms with van der Waals surface area (Å²) >= 11 is 12.7. The predicted molar refractivity (Wildman–Crippen MR) is 147 cm³/mol. The van der Waals surface area contributed by atoms with Crippen molar-refractivity contribution in [2.45, 2.75) is 19.5 Å². The zero-order valence-electron chi connectivity index (χ0n) is 20.4. The van der Waals surface area contributed by atoms with Crippen LogP contribution in [-0.2, 0) is 11.3 Å². The largest absolute Gasteiger partial charge is 0.344 e. The second-order valence-corrected chi connectivity index (χ2v) is 9.86. The maximum Gasteiger partial charge on any atom is 0.272 e. The quantitative estimate of drug-likeness (QED) is 0.286. The third kappa shape index (κ3) is 5.21. The number of hydrogen-bond acceptors (Lipinski definition) is 3. The van der Waals surface area contributed by atoms with Crippen LogP contribution < -0.4 is 5.32 Å². The lowest BCUT2D eigenvalue weighted by Crippen LogP contribution is -2.32. The van der Waals surface area contributed by atoms with Crippen LogP contribution in [-0.4, -0.2) is 33.5 Å². The molecule has 5 rings (SSSR count). The van der Waals surface area contributed by atoms with Gasteiger partial charge in [-0.15, -0.1) is 0 Å². The maximum absolute atomic E-state index is 13.6. The summed E-state index contributed by atoms with van der Waals surface area (Å²) in [5, 5.41) is 8.54. The molecule has 9 heteroatoms. The molecule has 0 spiro atoms. The standard InChI is InChI=1S/C29H23Cl2FN4O2/c1-18(20-5-3-2-4-6-20)33-29(38)27-24-16-35(17-37)15-21(13-19-7-10-23(32)11-8-19)28(24)36(34-27)26-12-9-22(30)14-25(26)31/h2-14,17-18H,15-16H2,1H3,(H,33,38)/t18-/m1/s1. The van der Waals surface area contributed by atoms with Gasteiger partial charge in [-0.25, -0.2) is 9.07 Å². The molecule has 0 fully saturated rings. The number of nitrogens with one attached hydrogen (secondary N) is 1. The normalized spacial score (nSPS) is 14.7. The van der Waals surface area contributed by atoms with Crippen molar-refractivity contribution >= 4 is 47.2 Å². The Bertz CT molecular complexity index is 1530. The fourth-order valence-electron chi connectivity index (χ4n) is 4.53. The fourth-order valence-corrected chi connectivity index (χ4v) is 5.02. The molecule has 0 unspecified atom stereocenters. The van der Waals surface area contributed by atoms with E-state index in [-0.39, 0.29) is 36.5 Å². The molecule has 2 heterocycles. The first-order chi connectivity index (χ1) is 18.3. The van der Waals surface area contributed by atoms with Crippen molar-refractivity contribution in [1.29, 1.82) is 0 Å². The van der Waals surface area contributed by atoms with Gasteiger partial charge in [0.2, 0.25) is 6.41 Å². The van der Waals surface area contributed by atoms with E-state index < -0.39 is 0 Å². The molecular weight excluding hydrogens is 526 g/mol. The van der Waals surface area contributed by atoms with E-state index in [1.54, 1.807) is 39.9 Å². The summed E-state index contributed by atoms with van der Waals surface area (Å²) in [6.45, 7) is 2.35. The Morgan fingerprint density at radius 1 is 1.05 bits per heavy atom. The Morgan fingerprint density at radius 2 is 1.79 bits per heavy atom. The molecule has 1 aliphatic rings. The van der Waals surface area contributed by atoms with E-state index >= 15 is 0 Å². The molecule has 1 aliphatic heterocycles. The lowest BCUT2D eigenvalue weighted by molar-refractivity contribution is -0.118. The Hall–Kier alpha value is -3.94. The van der Waals surface area contributed by atoms with Crippen molar-refractivity contribution in [3.63, 3.8) is 0 Å². The third-order valence-electron chi connectivity index (χ3n) is 6.38. The van der Waals surface area contributed by atoms with Gasteiger partial charge in [-0.2, -0.15) is 5.10 Å². The summed E-state index contributed by atoms with van der Waals surface area (Å²) in [6, 6.07) is 20.4. The van der Waals surface area contributed by atoms with Crippen LogP contribution in [0.1, 0.15) is 45.8 Å². The topological polar surface area (TPSA) is 67.2 Å². The van der Waals surface area contributed by atoms with E-state index in [1.165, 1.54) is 12.1 Å². The van der Waals surface area contributed by atoms with Gasteiger partial charge in [0.05, 0.1) is 29.0 Å². The monoisotopic (exact) mass is 548 g/mol. The number of rotatable bonds is 6. The Labute approximate surface area is 229 Å². The molecule has 6 nitrogen and oxygen atoms in total. The summed E-state index contributed by atoms with van der Waals surface area (Å²) in [4.78, 5) is 27.0. The molecule has 38 heavy (non-hydrogen) atoms. The second-order valence-electron chi connectivity index (χ2n) is 9.02. The van der Waals surface area contributed by atoms with Crippen molar-refractivity contribution in [2.24, 2.45) is 0 Å². The average Bonchev–Trinajstić information content (AvgIpc) is 3.30. The van der Waals surface area contributed by atoms with Crippen molar-refractivity contribution in [3.05, 3.63) is 117 Å². The van der Waals surface area contributed by atoms with Crippen LogP contribution in [0.2, 0.25) is 10.0 Å². The van der Waals surface area contributed by atoms with Crippen molar-refractivity contribution in [2.75, 3.05) is 6.54 Å². The van der Waals surface area contributed by atoms with Gasteiger partial charge in [0.25, 0.3) is 5.91 Å². The highest BCUT2D eigenvalue weighted by molar-refractivity contribution is 6.35. The number of benzene rings is 3. The van der Waals surface area contributed by atoms with Gasteiger partial charge >= 0.3 is 0 Å². The molecule has 3 aromatic carbocycles.